The topological polar surface area (TPSA) is 220 Å². The first-order valence-corrected chi connectivity index (χ1v) is 19.3. The van der Waals surface area contributed by atoms with Crippen molar-refractivity contribution < 1.29 is 64.3 Å². The lowest BCUT2D eigenvalue weighted by atomic mass is 9.78. The fourth-order valence-electron chi connectivity index (χ4n) is 7.56. The molecular formula is C43H58N4O12. The Balaban J connectivity index is 1.75. The zero-order valence-corrected chi connectivity index (χ0v) is 34.9. The number of rotatable bonds is 4. The second kappa shape index (κ2) is 18.0. The van der Waals surface area contributed by atoms with Crippen LogP contribution in [0.2, 0.25) is 0 Å². The van der Waals surface area contributed by atoms with Crippen molar-refractivity contribution in [2.75, 3.05) is 45.6 Å². The lowest BCUT2D eigenvalue weighted by Crippen LogP contribution is -2.46. The van der Waals surface area contributed by atoms with Gasteiger partial charge in [0.2, 0.25) is 0 Å². The summed E-state index contributed by atoms with van der Waals surface area (Å²) in [5, 5.41) is 64.9. The number of hydrogen-bond donors (Lipinski definition) is 6. The minimum absolute atomic E-state index is 0.0440. The molecule has 4 aliphatic heterocycles. The van der Waals surface area contributed by atoms with Crippen molar-refractivity contribution in [3.05, 3.63) is 52.8 Å². The van der Waals surface area contributed by atoms with E-state index in [1.165, 1.54) is 65.0 Å². The highest BCUT2D eigenvalue weighted by Gasteiger charge is 2.50. The number of nitrogens with one attached hydrogen (secondary N) is 1. The van der Waals surface area contributed by atoms with Crippen LogP contribution in [0.5, 0.6) is 23.0 Å². The van der Waals surface area contributed by atoms with Gasteiger partial charge in [0, 0.05) is 87.2 Å². The highest BCUT2D eigenvalue weighted by atomic mass is 16.7. The Morgan fingerprint density at radius 1 is 1.00 bits per heavy atom. The number of likely N-dealkylation sites (N-methyl/N-ethyl adjacent to an activating group) is 1. The van der Waals surface area contributed by atoms with Crippen LogP contribution in [-0.2, 0) is 23.8 Å². The number of ketones is 1. The lowest BCUT2D eigenvalue weighted by Gasteiger charge is -2.38. The molecular weight excluding hydrogens is 764 g/mol. The van der Waals surface area contributed by atoms with E-state index in [4.69, 9.17) is 24.4 Å². The van der Waals surface area contributed by atoms with Gasteiger partial charge in [0.15, 0.2) is 5.75 Å². The SMILES string of the molecule is [2H]C1([2H])CN(C)CC([2H])([2H])N1/N=C/c1c2c(O)c3c(O)c(C)c4c(c3c1O)C(=O)[C@@](C)(O/C=C/[C@H](OC)[C@@H](C)[C@@H](OC(C)=O)[C@H](C)[C@H](O)[C@H](C)[C@@H](O)[C@@H](C)/C=C/C=C(/C)C(=O)N2)O4. The third-order valence-corrected chi connectivity index (χ3v) is 11.3. The summed E-state index contributed by atoms with van der Waals surface area (Å²) in [5.74, 6) is -9.72. The molecule has 0 radical (unpaired) electrons. The standard InChI is InChI=1S/C43H58N4O12/c1-21-12-11-13-22(2)42(55)45-33-28(20-44-47-17-15-46(9)16-18-47)37(52)30-31(38(33)53)36(51)26(6)40-32(30)41(54)43(8,59-40)57-19-14-29(56-10)23(3)39(58-27(7)48)25(5)35(50)24(4)34(21)49/h11-14,19-21,23-25,29,34-35,39,49-53H,15-18H2,1-10H3,(H,45,55)/b12-11+,19-14+,22-13-,44-20+/t21-,23+,24+,25+,29-,34-,35+,39+,43-/m0/s1/i17D2,18D2. The van der Waals surface area contributed by atoms with Crippen LogP contribution in [-0.4, -0.2) is 130 Å². The highest BCUT2D eigenvalue weighted by molar-refractivity contribution is 6.23. The van der Waals surface area contributed by atoms with E-state index in [0.29, 0.717) is 5.01 Å². The fraction of sp³-hybridized carbons (Fsp3) is 0.535. The van der Waals surface area contributed by atoms with E-state index in [1.807, 2.05) is 0 Å². The second-order valence-electron chi connectivity index (χ2n) is 15.7. The average Bonchev–Trinajstić information content (AvgIpc) is 3.46. The number of aromatic hydroxyl groups is 3. The molecule has 4 aliphatic rings. The molecule has 16 nitrogen and oxygen atoms in total. The van der Waals surface area contributed by atoms with E-state index in [0.717, 1.165) is 12.5 Å². The number of benzene rings is 2. The van der Waals surface area contributed by atoms with Gasteiger partial charge in [-0.3, -0.25) is 19.4 Å². The van der Waals surface area contributed by atoms with Crippen LogP contribution in [0.4, 0.5) is 5.69 Å². The normalized spacial score (nSPS) is 34.8. The van der Waals surface area contributed by atoms with E-state index in [1.54, 1.807) is 33.8 Å². The number of hydrazone groups is 1. The van der Waals surface area contributed by atoms with Crippen molar-refractivity contribution in [2.24, 2.45) is 28.8 Å². The summed E-state index contributed by atoms with van der Waals surface area (Å²) in [6.45, 7) is 6.79. The van der Waals surface area contributed by atoms with E-state index < -0.39 is 124 Å². The number of piperazine rings is 1. The number of Topliss-reactive ketones (excluding diaryl/α,β-unsaturated/α-hetero) is 1. The van der Waals surface area contributed by atoms with Crippen molar-refractivity contribution in [3.63, 3.8) is 0 Å². The zero-order valence-electron chi connectivity index (χ0n) is 38.9. The molecule has 322 valence electrons. The molecule has 2 aromatic carbocycles. The van der Waals surface area contributed by atoms with Crippen LogP contribution >= 0.6 is 0 Å². The van der Waals surface area contributed by atoms with Gasteiger partial charge in [0.05, 0.1) is 58.5 Å². The number of esters is 1. The molecule has 1 saturated heterocycles. The Labute approximate surface area is 350 Å². The maximum atomic E-state index is 14.5. The Morgan fingerprint density at radius 2 is 1.66 bits per heavy atom. The minimum atomic E-state index is -2.39. The summed E-state index contributed by atoms with van der Waals surface area (Å²) < 4.78 is 57.8. The van der Waals surface area contributed by atoms with Gasteiger partial charge in [-0.05, 0) is 27.0 Å². The first-order valence-electron chi connectivity index (χ1n) is 21.3. The number of anilines is 1. The van der Waals surface area contributed by atoms with Crippen LogP contribution in [0.25, 0.3) is 10.8 Å². The number of carbonyl (C=O) groups excluding carboxylic acids is 3. The average molecular weight is 827 g/mol. The number of aliphatic hydroxyl groups excluding tert-OH is 2. The predicted octanol–water partition coefficient (Wildman–Crippen LogP) is 4.34. The van der Waals surface area contributed by atoms with Gasteiger partial charge in [0.25, 0.3) is 11.7 Å². The first kappa shape index (κ1) is 39.3. The van der Waals surface area contributed by atoms with E-state index in [-0.39, 0.29) is 35.5 Å². The molecule has 5 bridgehead atoms. The molecule has 16 heteroatoms. The molecule has 6 N–H and O–H groups in total. The van der Waals surface area contributed by atoms with Gasteiger partial charge < -0.3 is 54.7 Å². The van der Waals surface area contributed by atoms with Gasteiger partial charge in [-0.15, -0.1) is 0 Å². The number of hydrogen-bond acceptors (Lipinski definition) is 15. The van der Waals surface area contributed by atoms with Gasteiger partial charge in [-0.1, -0.05) is 45.9 Å². The number of fused-ring (bicyclic) bond motifs is 14. The molecule has 0 aromatic heterocycles. The summed E-state index contributed by atoms with van der Waals surface area (Å²) >= 11 is 0. The number of amides is 1. The van der Waals surface area contributed by atoms with Gasteiger partial charge in [0.1, 0.15) is 23.4 Å². The van der Waals surface area contributed by atoms with Crippen molar-refractivity contribution in [3.8, 4) is 23.0 Å². The summed E-state index contributed by atoms with van der Waals surface area (Å²) in [7, 11) is 2.93. The molecule has 59 heavy (non-hydrogen) atoms. The molecule has 6 rings (SSSR count). The van der Waals surface area contributed by atoms with E-state index in [9.17, 15) is 39.9 Å². The van der Waals surface area contributed by atoms with Crippen molar-refractivity contribution in [2.45, 2.75) is 85.6 Å². The number of aliphatic hydroxyl groups is 2. The summed E-state index contributed by atoms with van der Waals surface area (Å²) in [6.07, 6.45) is 3.82. The van der Waals surface area contributed by atoms with Crippen molar-refractivity contribution in [1.29, 1.82) is 0 Å². The predicted molar refractivity (Wildman–Crippen MR) is 220 cm³/mol. The molecule has 1 fully saturated rings. The number of methoxy groups -OCH3 is 1. The van der Waals surface area contributed by atoms with Crippen molar-refractivity contribution in [1.82, 2.24) is 9.91 Å². The molecule has 0 aliphatic carbocycles. The zero-order chi connectivity index (χ0) is 47.3. The van der Waals surface area contributed by atoms with Gasteiger partial charge in [-0.25, -0.2) is 0 Å². The fourth-order valence-corrected chi connectivity index (χ4v) is 7.56. The maximum Gasteiger partial charge on any atom is 0.312 e. The van der Waals surface area contributed by atoms with Gasteiger partial charge in [-0.2, -0.15) is 5.10 Å². The Bertz CT molecular complexity index is 2250. The maximum absolute atomic E-state index is 14.5. The number of ether oxygens (including phenoxy) is 4. The van der Waals surface area contributed by atoms with Crippen LogP contribution in [0.1, 0.15) is 75.4 Å². The number of allylic oxidation sites excluding steroid dienone is 2. The lowest BCUT2D eigenvalue weighted by molar-refractivity contribution is -0.160. The van der Waals surface area contributed by atoms with Gasteiger partial charge >= 0.3 is 11.8 Å². The van der Waals surface area contributed by atoms with Crippen LogP contribution < -0.4 is 10.1 Å². The monoisotopic (exact) mass is 826 g/mol. The first-order chi connectivity index (χ1) is 29.2. The number of carbonyl (C=O) groups is 3. The Hall–Kier alpha value is -5.16. The molecule has 0 spiro atoms. The molecule has 0 saturated carbocycles. The minimum Gasteiger partial charge on any atom is -0.507 e. The molecule has 9 atom stereocenters. The molecule has 4 heterocycles. The third-order valence-electron chi connectivity index (χ3n) is 11.3. The number of phenolic OH excluding ortho intramolecular Hbond substituents is 3. The molecule has 2 aromatic rings. The number of phenols is 3. The summed E-state index contributed by atoms with van der Waals surface area (Å²) in [5.41, 5.74) is -1.35. The number of nitrogens with zero attached hydrogens (tertiary/aromatic N) is 3. The van der Waals surface area contributed by atoms with E-state index in [2.05, 4.69) is 10.4 Å². The quantitative estimate of drug-likeness (QED) is 0.109. The third kappa shape index (κ3) is 8.91. The van der Waals surface area contributed by atoms with Crippen LogP contribution in [0, 0.1) is 30.6 Å². The summed E-state index contributed by atoms with van der Waals surface area (Å²) in [4.78, 5) is 42.1. The Morgan fingerprint density at radius 3 is 2.29 bits per heavy atom. The largest absolute Gasteiger partial charge is 0.507 e. The van der Waals surface area contributed by atoms with Crippen LogP contribution in [0.15, 0.2) is 41.2 Å². The molecule has 0 unspecified atom stereocenters. The highest BCUT2D eigenvalue weighted by Crippen LogP contribution is 2.55. The van der Waals surface area contributed by atoms with E-state index >= 15 is 0 Å². The molecule has 1 amide bonds. The smallest absolute Gasteiger partial charge is 0.312 e. The summed E-state index contributed by atoms with van der Waals surface area (Å²) in [6, 6.07) is 0. The van der Waals surface area contributed by atoms with Crippen molar-refractivity contribution >= 4 is 40.3 Å². The Kier molecular flexibility index (Phi) is 12.0. The second-order valence-corrected chi connectivity index (χ2v) is 15.7. The van der Waals surface area contributed by atoms with Crippen LogP contribution in [0.3, 0.4) is 0 Å².